The zero-order valence-corrected chi connectivity index (χ0v) is 17.5. The van der Waals surface area contributed by atoms with E-state index in [0.717, 1.165) is 34.1 Å². The van der Waals surface area contributed by atoms with Crippen molar-refractivity contribution in [2.24, 2.45) is 27.3 Å². The van der Waals surface area contributed by atoms with Gasteiger partial charge in [-0.3, -0.25) is 4.98 Å². The van der Waals surface area contributed by atoms with Crippen LogP contribution in [0.1, 0.15) is 26.7 Å². The van der Waals surface area contributed by atoms with Gasteiger partial charge in [-0.2, -0.15) is 5.10 Å². The molecule has 5 heteroatoms. The van der Waals surface area contributed by atoms with Gasteiger partial charge < -0.3 is 0 Å². The van der Waals surface area contributed by atoms with Crippen LogP contribution in [0.5, 0.6) is 0 Å². The van der Waals surface area contributed by atoms with Gasteiger partial charge in [-0.1, -0.05) is 50.3 Å². The van der Waals surface area contributed by atoms with E-state index in [1.165, 1.54) is 12.0 Å². The van der Waals surface area contributed by atoms with Gasteiger partial charge in [0.05, 0.1) is 23.8 Å². The number of hydrogen-bond donors (Lipinski definition) is 0. The predicted octanol–water partition coefficient (Wildman–Crippen LogP) is 5.67. The molecular formula is C24H24N4S. The topological polar surface area (TPSA) is 42.5 Å². The van der Waals surface area contributed by atoms with Crippen molar-refractivity contribution in [3.8, 4) is 11.3 Å². The highest BCUT2D eigenvalue weighted by molar-refractivity contribution is 7.07. The Balaban J connectivity index is 1.58. The minimum Gasteiger partial charge on any atom is -0.262 e. The number of thiazole rings is 1. The molecule has 1 fully saturated rings. The third-order valence-electron chi connectivity index (χ3n) is 6.46. The summed E-state index contributed by atoms with van der Waals surface area (Å²) >= 11 is 1.60. The molecule has 0 aliphatic heterocycles. The summed E-state index contributed by atoms with van der Waals surface area (Å²) in [7, 11) is 0. The maximum atomic E-state index is 4.92. The van der Waals surface area contributed by atoms with Gasteiger partial charge in [0.2, 0.25) is 4.80 Å². The lowest BCUT2D eigenvalue weighted by Gasteiger charge is -2.55. The minimum atomic E-state index is 0.389. The summed E-state index contributed by atoms with van der Waals surface area (Å²) < 4.78 is 1.96. The van der Waals surface area contributed by atoms with E-state index >= 15 is 0 Å². The van der Waals surface area contributed by atoms with E-state index in [0.29, 0.717) is 11.3 Å². The van der Waals surface area contributed by atoms with E-state index in [1.807, 2.05) is 22.9 Å². The second-order valence-electron chi connectivity index (χ2n) is 8.40. The van der Waals surface area contributed by atoms with Gasteiger partial charge in [0.15, 0.2) is 0 Å². The molecule has 3 aliphatic carbocycles. The fourth-order valence-electron chi connectivity index (χ4n) is 4.50. The summed E-state index contributed by atoms with van der Waals surface area (Å²) in [5.41, 5.74) is 4.77. The van der Waals surface area contributed by atoms with E-state index in [2.05, 4.69) is 60.8 Å². The summed E-state index contributed by atoms with van der Waals surface area (Å²) in [4.78, 5) is 9.82. The summed E-state index contributed by atoms with van der Waals surface area (Å²) in [6.45, 7) is 4.78. The van der Waals surface area contributed by atoms with Crippen LogP contribution in [0.15, 0.2) is 82.0 Å². The molecule has 2 atom stereocenters. The van der Waals surface area contributed by atoms with Gasteiger partial charge >= 0.3 is 0 Å². The number of fused-ring (bicyclic) bond motifs is 1. The molecular weight excluding hydrogens is 376 g/mol. The van der Waals surface area contributed by atoms with Crippen molar-refractivity contribution in [3.05, 3.63) is 76.7 Å². The number of aromatic nitrogens is 2. The average molecular weight is 401 g/mol. The van der Waals surface area contributed by atoms with Gasteiger partial charge in [-0.25, -0.2) is 9.67 Å². The summed E-state index contributed by atoms with van der Waals surface area (Å²) in [6, 6.07) is 14.2. The highest BCUT2D eigenvalue weighted by Crippen LogP contribution is 2.58. The molecule has 29 heavy (non-hydrogen) atoms. The molecule has 2 bridgehead atoms. The van der Waals surface area contributed by atoms with Crippen LogP contribution in [-0.4, -0.2) is 15.9 Å². The molecule has 0 N–H and O–H groups in total. The first-order chi connectivity index (χ1) is 14.1. The Kier molecular flexibility index (Phi) is 4.55. The lowest BCUT2D eigenvalue weighted by atomic mass is 9.49. The smallest absolute Gasteiger partial charge is 0.211 e. The standard InChI is InChI=1S/C24H24N4S/c1-24(2)19-11-10-18(21(24)13-19)14-26-28-22(17-7-4-3-5-8-17)16-29-23(28)27-20-9-6-12-25-15-20/h3-10,12,14-16,19,21H,11,13H2,1-2H3. The van der Waals surface area contributed by atoms with Crippen molar-refractivity contribution in [1.82, 2.24) is 9.66 Å². The van der Waals surface area contributed by atoms with Crippen LogP contribution in [0, 0.1) is 17.3 Å². The van der Waals surface area contributed by atoms with Crippen LogP contribution in [-0.2, 0) is 0 Å². The summed E-state index contributed by atoms with van der Waals surface area (Å²) in [6.07, 6.45) is 10.4. The van der Waals surface area contributed by atoms with Gasteiger partial charge in [0, 0.05) is 17.1 Å². The monoisotopic (exact) mass is 400 g/mol. The lowest BCUT2D eigenvalue weighted by molar-refractivity contribution is -0.00126. The summed E-state index contributed by atoms with van der Waals surface area (Å²) in [5.74, 6) is 1.44. The number of pyridine rings is 1. The average Bonchev–Trinajstić information content (AvgIpc) is 3.16. The molecule has 146 valence electrons. The zero-order chi connectivity index (χ0) is 19.8. The quantitative estimate of drug-likeness (QED) is 0.520. The second kappa shape index (κ2) is 7.23. The second-order valence-corrected chi connectivity index (χ2v) is 9.23. The molecule has 4 nitrogen and oxygen atoms in total. The highest BCUT2D eigenvalue weighted by atomic mass is 32.1. The Morgan fingerprint density at radius 1 is 1.17 bits per heavy atom. The van der Waals surface area contributed by atoms with Gasteiger partial charge in [-0.05, 0) is 47.8 Å². The Hall–Kier alpha value is -2.79. The Morgan fingerprint density at radius 2 is 2.03 bits per heavy atom. The Labute approximate surface area is 175 Å². The first kappa shape index (κ1) is 18.3. The molecule has 0 radical (unpaired) electrons. The predicted molar refractivity (Wildman–Crippen MR) is 119 cm³/mol. The van der Waals surface area contributed by atoms with Crippen molar-refractivity contribution < 1.29 is 0 Å². The molecule has 3 aliphatic rings. The highest BCUT2D eigenvalue weighted by Gasteiger charge is 2.50. The number of nitrogens with zero attached hydrogens (tertiary/aromatic N) is 4. The Bertz CT molecular complexity index is 1140. The third kappa shape index (κ3) is 3.29. The van der Waals surface area contributed by atoms with Crippen LogP contribution >= 0.6 is 11.3 Å². The molecule has 0 saturated heterocycles. The van der Waals surface area contributed by atoms with Crippen molar-refractivity contribution in [2.45, 2.75) is 26.7 Å². The molecule has 2 heterocycles. The van der Waals surface area contributed by atoms with Crippen molar-refractivity contribution in [2.75, 3.05) is 0 Å². The van der Waals surface area contributed by atoms with E-state index in [4.69, 9.17) is 10.1 Å². The van der Waals surface area contributed by atoms with Gasteiger partial charge in [-0.15, -0.1) is 11.3 Å². The van der Waals surface area contributed by atoms with Crippen molar-refractivity contribution in [3.63, 3.8) is 0 Å². The maximum absolute atomic E-state index is 4.92. The molecule has 0 amide bonds. The molecule has 3 aromatic rings. The van der Waals surface area contributed by atoms with Gasteiger partial charge in [0.1, 0.15) is 0 Å². The molecule has 1 saturated carbocycles. The maximum Gasteiger partial charge on any atom is 0.211 e. The van der Waals surface area contributed by atoms with E-state index in [9.17, 15) is 0 Å². The molecule has 0 spiro atoms. The number of rotatable bonds is 4. The molecule has 2 aromatic heterocycles. The first-order valence-corrected chi connectivity index (χ1v) is 11.0. The van der Waals surface area contributed by atoms with Gasteiger partial charge in [0.25, 0.3) is 0 Å². The molecule has 1 aromatic carbocycles. The summed E-state index contributed by atoms with van der Waals surface area (Å²) in [5, 5.41) is 7.05. The number of benzene rings is 1. The van der Waals surface area contributed by atoms with Crippen LogP contribution in [0.25, 0.3) is 11.3 Å². The lowest BCUT2D eigenvalue weighted by Crippen LogP contribution is -2.48. The van der Waals surface area contributed by atoms with E-state index in [-0.39, 0.29) is 0 Å². The van der Waals surface area contributed by atoms with Crippen molar-refractivity contribution >= 4 is 23.2 Å². The third-order valence-corrected chi connectivity index (χ3v) is 7.27. The van der Waals surface area contributed by atoms with E-state index < -0.39 is 0 Å². The van der Waals surface area contributed by atoms with Crippen LogP contribution in [0.2, 0.25) is 0 Å². The van der Waals surface area contributed by atoms with Crippen LogP contribution in [0.3, 0.4) is 0 Å². The number of hydrogen-bond acceptors (Lipinski definition) is 4. The molecule has 2 unspecified atom stereocenters. The zero-order valence-electron chi connectivity index (χ0n) is 16.7. The fourth-order valence-corrected chi connectivity index (χ4v) is 5.35. The van der Waals surface area contributed by atoms with E-state index in [1.54, 1.807) is 23.7 Å². The SMILES string of the molecule is CC1(C)C2CC=C(C=Nn3c(-c4ccccc4)csc3=Nc3cccnc3)C1C2. The minimum absolute atomic E-state index is 0.389. The fraction of sp³-hybridized carbons (Fsp3) is 0.292. The number of allylic oxidation sites excluding steroid dienone is 2. The normalized spacial score (nSPS) is 23.1. The Morgan fingerprint density at radius 3 is 2.76 bits per heavy atom. The molecule has 6 rings (SSSR count). The van der Waals surface area contributed by atoms with Crippen LogP contribution < -0.4 is 4.80 Å². The first-order valence-electron chi connectivity index (χ1n) is 10.1. The van der Waals surface area contributed by atoms with Crippen molar-refractivity contribution in [1.29, 1.82) is 0 Å². The van der Waals surface area contributed by atoms with Crippen LogP contribution in [0.4, 0.5) is 5.69 Å². The largest absolute Gasteiger partial charge is 0.262 e.